The minimum Gasteiger partial charge on any atom is -0.497 e. The van der Waals surface area contributed by atoms with Crippen LogP contribution in [0.1, 0.15) is 48.7 Å². The molecule has 1 heterocycles. The Morgan fingerprint density at radius 1 is 1.24 bits per heavy atom. The zero-order valence-electron chi connectivity index (χ0n) is 12.7. The normalized spacial score (nSPS) is 18.9. The van der Waals surface area contributed by atoms with E-state index in [0.29, 0.717) is 12.1 Å². The van der Waals surface area contributed by atoms with Gasteiger partial charge in [0, 0.05) is 12.2 Å². The molecule has 0 radical (unpaired) electrons. The number of nitrogens with one attached hydrogen (secondary N) is 1. The lowest BCUT2D eigenvalue weighted by Crippen LogP contribution is -2.28. The summed E-state index contributed by atoms with van der Waals surface area (Å²) in [6.07, 6.45) is 5.44. The van der Waals surface area contributed by atoms with Crippen molar-refractivity contribution in [3.63, 3.8) is 0 Å². The number of methoxy groups -OCH3 is 1. The molecular weight excluding hydrogens is 260 g/mol. The van der Waals surface area contributed by atoms with E-state index in [-0.39, 0.29) is 0 Å². The summed E-state index contributed by atoms with van der Waals surface area (Å²) in [6.45, 7) is 2.21. The van der Waals surface area contributed by atoms with Crippen LogP contribution in [0.5, 0.6) is 5.75 Å². The monoisotopic (exact) mass is 282 g/mol. The Hall–Kier alpha value is -1.87. The summed E-state index contributed by atoms with van der Waals surface area (Å²) in [5.41, 5.74) is 3.89. The Morgan fingerprint density at radius 2 is 2.05 bits per heavy atom. The van der Waals surface area contributed by atoms with E-state index in [2.05, 4.69) is 35.4 Å². The fourth-order valence-corrected chi connectivity index (χ4v) is 3.06. The van der Waals surface area contributed by atoms with E-state index in [1.54, 1.807) is 7.11 Å². The number of hydrogen-bond donors (Lipinski definition) is 1. The van der Waals surface area contributed by atoms with Crippen molar-refractivity contribution < 1.29 is 4.74 Å². The fourth-order valence-electron chi connectivity index (χ4n) is 3.06. The van der Waals surface area contributed by atoms with Gasteiger partial charge in [-0.15, -0.1) is 0 Å². The highest BCUT2D eigenvalue weighted by Gasteiger charge is 2.22. The molecule has 0 bridgehead atoms. The quantitative estimate of drug-likeness (QED) is 0.925. The Kier molecular flexibility index (Phi) is 4.20. The highest BCUT2D eigenvalue weighted by atomic mass is 16.5. The van der Waals surface area contributed by atoms with Crippen LogP contribution < -0.4 is 10.1 Å². The van der Waals surface area contributed by atoms with Crippen molar-refractivity contribution in [2.75, 3.05) is 7.11 Å². The van der Waals surface area contributed by atoms with Gasteiger partial charge in [0.2, 0.25) is 0 Å². The molecule has 1 aromatic carbocycles. The zero-order valence-corrected chi connectivity index (χ0v) is 12.7. The lowest BCUT2D eigenvalue weighted by molar-refractivity contribution is 0.403. The van der Waals surface area contributed by atoms with Crippen LogP contribution in [-0.2, 0) is 6.42 Å². The number of pyridine rings is 1. The molecule has 0 amide bonds. The first kappa shape index (κ1) is 14.1. The van der Waals surface area contributed by atoms with E-state index in [1.165, 1.54) is 23.2 Å². The molecule has 1 aliphatic carbocycles. The van der Waals surface area contributed by atoms with Crippen molar-refractivity contribution in [2.24, 2.45) is 0 Å². The summed E-state index contributed by atoms with van der Waals surface area (Å²) in [5, 5.41) is 3.73. The molecule has 0 aliphatic heterocycles. The molecule has 1 aliphatic rings. The number of aryl methyl sites for hydroxylation is 1. The van der Waals surface area contributed by atoms with E-state index in [1.807, 2.05) is 24.4 Å². The van der Waals surface area contributed by atoms with Gasteiger partial charge in [0.25, 0.3) is 0 Å². The van der Waals surface area contributed by atoms with E-state index < -0.39 is 0 Å². The van der Waals surface area contributed by atoms with Crippen molar-refractivity contribution in [3.05, 3.63) is 59.4 Å². The van der Waals surface area contributed by atoms with Gasteiger partial charge in [-0.1, -0.05) is 18.2 Å². The molecule has 2 aromatic rings. The molecule has 3 heteroatoms. The molecule has 0 saturated heterocycles. The van der Waals surface area contributed by atoms with E-state index in [9.17, 15) is 0 Å². The highest BCUT2D eigenvalue weighted by molar-refractivity contribution is 5.30. The number of aromatic nitrogens is 1. The average Bonchev–Trinajstić information content (AvgIpc) is 2.55. The maximum absolute atomic E-state index is 5.21. The van der Waals surface area contributed by atoms with Gasteiger partial charge in [-0.3, -0.25) is 4.98 Å². The molecule has 0 saturated carbocycles. The van der Waals surface area contributed by atoms with Gasteiger partial charge in [-0.2, -0.15) is 0 Å². The zero-order chi connectivity index (χ0) is 14.7. The summed E-state index contributed by atoms with van der Waals surface area (Å²) >= 11 is 0. The Balaban J connectivity index is 1.74. The van der Waals surface area contributed by atoms with Crippen LogP contribution in [0.25, 0.3) is 0 Å². The molecule has 1 aromatic heterocycles. The second-order valence-electron chi connectivity index (χ2n) is 5.65. The Bertz CT molecular complexity index is 594. The first-order chi connectivity index (χ1) is 10.3. The fraction of sp³-hybridized carbons (Fsp3) is 0.389. The van der Waals surface area contributed by atoms with Crippen molar-refractivity contribution in [1.29, 1.82) is 0 Å². The molecule has 2 atom stereocenters. The van der Waals surface area contributed by atoms with Crippen LogP contribution in [0.3, 0.4) is 0 Å². The molecule has 0 spiro atoms. The SMILES string of the molecule is COc1ccc(C(C)N[C@H]2CCCc3cccnc32)cc1. The molecule has 1 N–H and O–H groups in total. The first-order valence-corrected chi connectivity index (χ1v) is 7.61. The summed E-state index contributed by atoms with van der Waals surface area (Å²) in [4.78, 5) is 4.59. The van der Waals surface area contributed by atoms with Gasteiger partial charge >= 0.3 is 0 Å². The predicted octanol–water partition coefficient (Wildman–Crippen LogP) is 3.82. The number of benzene rings is 1. The molecule has 3 rings (SSSR count). The van der Waals surface area contributed by atoms with Crippen LogP contribution in [0.15, 0.2) is 42.6 Å². The van der Waals surface area contributed by atoms with Crippen molar-refractivity contribution in [1.82, 2.24) is 10.3 Å². The number of fused-ring (bicyclic) bond motifs is 1. The average molecular weight is 282 g/mol. The van der Waals surface area contributed by atoms with E-state index in [4.69, 9.17) is 4.74 Å². The predicted molar refractivity (Wildman–Crippen MR) is 84.5 cm³/mol. The van der Waals surface area contributed by atoms with Gasteiger partial charge in [0.1, 0.15) is 5.75 Å². The van der Waals surface area contributed by atoms with E-state index in [0.717, 1.165) is 18.6 Å². The number of nitrogens with zero attached hydrogens (tertiary/aromatic N) is 1. The topological polar surface area (TPSA) is 34.1 Å². The molecule has 110 valence electrons. The van der Waals surface area contributed by atoms with Gasteiger partial charge in [0.05, 0.1) is 18.8 Å². The maximum atomic E-state index is 5.21. The Labute approximate surface area is 126 Å². The van der Waals surface area contributed by atoms with Crippen LogP contribution in [-0.4, -0.2) is 12.1 Å². The van der Waals surface area contributed by atoms with Crippen LogP contribution in [0.2, 0.25) is 0 Å². The molecule has 0 fully saturated rings. The first-order valence-electron chi connectivity index (χ1n) is 7.61. The maximum Gasteiger partial charge on any atom is 0.118 e. The van der Waals surface area contributed by atoms with Crippen LogP contribution >= 0.6 is 0 Å². The second-order valence-corrected chi connectivity index (χ2v) is 5.65. The number of ether oxygens (including phenoxy) is 1. The molecule has 3 nitrogen and oxygen atoms in total. The van der Waals surface area contributed by atoms with Gasteiger partial charge in [-0.25, -0.2) is 0 Å². The minimum absolute atomic E-state index is 0.300. The lowest BCUT2D eigenvalue weighted by Gasteiger charge is -2.28. The van der Waals surface area contributed by atoms with Crippen LogP contribution in [0, 0.1) is 0 Å². The van der Waals surface area contributed by atoms with Crippen LogP contribution in [0.4, 0.5) is 0 Å². The number of hydrogen-bond acceptors (Lipinski definition) is 3. The smallest absolute Gasteiger partial charge is 0.118 e. The summed E-state index contributed by atoms with van der Waals surface area (Å²) in [6, 6.07) is 13.2. The van der Waals surface area contributed by atoms with Gasteiger partial charge in [0.15, 0.2) is 0 Å². The third-order valence-corrected chi connectivity index (χ3v) is 4.26. The van der Waals surface area contributed by atoms with Gasteiger partial charge in [-0.05, 0) is 55.5 Å². The minimum atomic E-state index is 0.300. The lowest BCUT2D eigenvalue weighted by atomic mass is 9.91. The number of rotatable bonds is 4. The molecular formula is C18H22N2O. The summed E-state index contributed by atoms with van der Waals surface area (Å²) in [5.74, 6) is 0.899. The largest absolute Gasteiger partial charge is 0.497 e. The standard InChI is InChI=1S/C18H22N2O/c1-13(14-8-10-16(21-2)11-9-14)20-17-7-3-5-15-6-4-12-19-18(15)17/h4,6,8-13,17,20H,3,5,7H2,1-2H3/t13?,17-/m0/s1. The molecule has 21 heavy (non-hydrogen) atoms. The van der Waals surface area contributed by atoms with E-state index >= 15 is 0 Å². The van der Waals surface area contributed by atoms with Crippen molar-refractivity contribution in [2.45, 2.75) is 38.3 Å². The third kappa shape index (κ3) is 3.08. The van der Waals surface area contributed by atoms with Gasteiger partial charge < -0.3 is 10.1 Å². The second kappa shape index (κ2) is 6.27. The summed E-state index contributed by atoms with van der Waals surface area (Å²) < 4.78 is 5.21. The van der Waals surface area contributed by atoms with Crippen molar-refractivity contribution in [3.8, 4) is 5.75 Å². The Morgan fingerprint density at radius 3 is 2.81 bits per heavy atom. The summed E-state index contributed by atoms with van der Waals surface area (Å²) in [7, 11) is 1.70. The van der Waals surface area contributed by atoms with Crippen molar-refractivity contribution >= 4 is 0 Å². The highest BCUT2D eigenvalue weighted by Crippen LogP contribution is 2.30. The third-order valence-electron chi connectivity index (χ3n) is 4.26. The molecule has 1 unspecified atom stereocenters.